The van der Waals surface area contributed by atoms with Gasteiger partial charge in [0.25, 0.3) is 0 Å². The standard InChI is InChI=1S/C24H21FN6OS/c1-11-3-4-31(8-11)24-29-7-14-15-9-32-10-16(15)17(19(25)20(14)30-24)21-18-13(5-26)23(27)33-22(18)12(2)6-28-21/h6-7,11H,3-4,8-10,27H2,1-2H3. The van der Waals surface area contributed by atoms with Gasteiger partial charge in [-0.25, -0.2) is 14.4 Å². The number of halogens is 1. The average Bonchev–Trinajstić information content (AvgIpc) is 3.53. The molecule has 33 heavy (non-hydrogen) atoms. The number of hydrogen-bond acceptors (Lipinski definition) is 8. The van der Waals surface area contributed by atoms with Crippen molar-refractivity contribution in [2.75, 3.05) is 23.7 Å². The zero-order chi connectivity index (χ0) is 22.9. The van der Waals surface area contributed by atoms with Gasteiger partial charge in [-0.3, -0.25) is 4.98 Å². The minimum absolute atomic E-state index is 0.260. The molecule has 2 aliphatic rings. The maximum absolute atomic E-state index is 16.3. The van der Waals surface area contributed by atoms with Crippen LogP contribution in [0.1, 0.15) is 35.6 Å². The first kappa shape index (κ1) is 20.3. The Bertz CT molecular complexity index is 1510. The molecule has 1 atom stereocenters. The number of nitrogens with two attached hydrogens (primary N) is 1. The SMILES string of the molecule is Cc1cnc(-c2c3c(c4cnc(N5CCC(C)C5)nc4c2F)COC3)c2c(C#N)c(N)sc12. The van der Waals surface area contributed by atoms with Crippen LogP contribution in [0.25, 0.3) is 32.2 Å². The zero-order valence-corrected chi connectivity index (χ0v) is 19.1. The molecule has 1 unspecified atom stereocenters. The second kappa shape index (κ2) is 7.33. The molecule has 6 rings (SSSR count). The second-order valence-corrected chi connectivity index (χ2v) is 9.91. The van der Waals surface area contributed by atoms with Crippen molar-refractivity contribution in [1.29, 1.82) is 5.26 Å². The van der Waals surface area contributed by atoms with Crippen LogP contribution in [0, 0.1) is 30.0 Å². The van der Waals surface area contributed by atoms with E-state index >= 15 is 4.39 Å². The molecule has 2 aliphatic heterocycles. The lowest BCUT2D eigenvalue weighted by Crippen LogP contribution is -2.21. The first-order valence-electron chi connectivity index (χ1n) is 10.9. The van der Waals surface area contributed by atoms with Crippen LogP contribution < -0.4 is 10.6 Å². The van der Waals surface area contributed by atoms with Gasteiger partial charge in [0.2, 0.25) is 5.95 Å². The third-order valence-electron chi connectivity index (χ3n) is 6.66. The Morgan fingerprint density at radius 2 is 2.09 bits per heavy atom. The van der Waals surface area contributed by atoms with E-state index in [-0.39, 0.29) is 12.1 Å². The number of ether oxygens (including phenoxy) is 1. The van der Waals surface area contributed by atoms with Crippen LogP contribution in [-0.2, 0) is 18.0 Å². The second-order valence-electron chi connectivity index (χ2n) is 8.86. The molecule has 1 saturated heterocycles. The van der Waals surface area contributed by atoms with E-state index < -0.39 is 5.82 Å². The van der Waals surface area contributed by atoms with Crippen LogP contribution in [0.4, 0.5) is 15.3 Å². The number of anilines is 2. The monoisotopic (exact) mass is 460 g/mol. The van der Waals surface area contributed by atoms with E-state index in [1.165, 1.54) is 11.3 Å². The van der Waals surface area contributed by atoms with Gasteiger partial charge in [-0.15, -0.1) is 11.3 Å². The number of thiophene rings is 1. The number of aromatic nitrogens is 3. The van der Waals surface area contributed by atoms with Gasteiger partial charge in [0.15, 0.2) is 5.82 Å². The van der Waals surface area contributed by atoms with Gasteiger partial charge in [0.05, 0.1) is 24.5 Å². The molecule has 0 amide bonds. The number of nitriles is 1. The molecule has 9 heteroatoms. The van der Waals surface area contributed by atoms with Crippen LogP contribution >= 0.6 is 11.3 Å². The van der Waals surface area contributed by atoms with Crippen LogP contribution in [-0.4, -0.2) is 28.0 Å². The van der Waals surface area contributed by atoms with Gasteiger partial charge < -0.3 is 15.4 Å². The zero-order valence-electron chi connectivity index (χ0n) is 18.3. The smallest absolute Gasteiger partial charge is 0.225 e. The van der Waals surface area contributed by atoms with Crippen LogP contribution in [0.3, 0.4) is 0 Å². The Morgan fingerprint density at radius 1 is 1.27 bits per heavy atom. The van der Waals surface area contributed by atoms with Crippen molar-refractivity contribution >= 4 is 43.3 Å². The van der Waals surface area contributed by atoms with Gasteiger partial charge in [0.1, 0.15) is 16.6 Å². The first-order chi connectivity index (χ1) is 16.0. The lowest BCUT2D eigenvalue weighted by molar-refractivity contribution is 0.135. The van der Waals surface area contributed by atoms with Crippen molar-refractivity contribution in [2.24, 2.45) is 5.92 Å². The minimum atomic E-state index is -0.462. The summed E-state index contributed by atoms with van der Waals surface area (Å²) < 4.78 is 22.9. The summed E-state index contributed by atoms with van der Waals surface area (Å²) in [4.78, 5) is 15.9. The van der Waals surface area contributed by atoms with Gasteiger partial charge in [-0.05, 0) is 36.0 Å². The first-order valence-corrected chi connectivity index (χ1v) is 11.7. The van der Waals surface area contributed by atoms with E-state index in [1.807, 2.05) is 6.92 Å². The van der Waals surface area contributed by atoms with Gasteiger partial charge in [-0.2, -0.15) is 5.26 Å². The van der Waals surface area contributed by atoms with Crippen molar-refractivity contribution < 1.29 is 9.13 Å². The van der Waals surface area contributed by atoms with E-state index in [1.54, 1.807) is 12.4 Å². The van der Waals surface area contributed by atoms with Crippen LogP contribution in [0.15, 0.2) is 12.4 Å². The summed E-state index contributed by atoms with van der Waals surface area (Å²) in [7, 11) is 0. The summed E-state index contributed by atoms with van der Waals surface area (Å²) >= 11 is 1.33. The fraction of sp³-hybridized carbons (Fsp3) is 0.333. The van der Waals surface area contributed by atoms with Crippen molar-refractivity contribution in [3.8, 4) is 17.3 Å². The molecule has 0 saturated carbocycles. The molecular weight excluding hydrogens is 439 g/mol. The highest BCUT2D eigenvalue weighted by atomic mass is 32.1. The fourth-order valence-electron chi connectivity index (χ4n) is 4.96. The Balaban J connectivity index is 1.67. The maximum Gasteiger partial charge on any atom is 0.225 e. The largest absolute Gasteiger partial charge is 0.389 e. The maximum atomic E-state index is 16.3. The Labute approximate surface area is 193 Å². The number of rotatable bonds is 2. The van der Waals surface area contributed by atoms with Gasteiger partial charge in [-0.1, -0.05) is 6.92 Å². The van der Waals surface area contributed by atoms with Crippen LogP contribution in [0.2, 0.25) is 0 Å². The predicted octanol–water partition coefficient (Wildman–Crippen LogP) is 4.68. The fourth-order valence-corrected chi connectivity index (χ4v) is 5.94. The third-order valence-corrected chi connectivity index (χ3v) is 7.81. The molecule has 0 radical (unpaired) electrons. The van der Waals surface area contributed by atoms with E-state index in [0.29, 0.717) is 51.1 Å². The highest BCUT2D eigenvalue weighted by molar-refractivity contribution is 7.23. The Morgan fingerprint density at radius 3 is 2.85 bits per heavy atom. The Hall–Kier alpha value is -3.35. The summed E-state index contributed by atoms with van der Waals surface area (Å²) in [6.07, 6.45) is 4.48. The van der Waals surface area contributed by atoms with Crippen LogP contribution in [0.5, 0.6) is 0 Å². The number of pyridine rings is 1. The number of nitrogens with zero attached hydrogens (tertiary/aromatic N) is 5. The summed E-state index contributed by atoms with van der Waals surface area (Å²) in [6.45, 7) is 6.44. The van der Waals surface area contributed by atoms with E-state index in [9.17, 15) is 5.26 Å². The van der Waals surface area contributed by atoms with Crippen molar-refractivity contribution in [3.63, 3.8) is 0 Å². The molecule has 2 N–H and O–H groups in total. The van der Waals surface area contributed by atoms with E-state index in [0.717, 1.165) is 40.9 Å². The number of nitrogen functional groups attached to an aromatic ring is 1. The topological polar surface area (TPSA) is 101 Å². The number of fused-ring (bicyclic) bond motifs is 4. The molecule has 1 aromatic carbocycles. The molecule has 0 bridgehead atoms. The summed E-state index contributed by atoms with van der Waals surface area (Å²) in [5.41, 5.74) is 10.0. The molecule has 0 spiro atoms. The average molecular weight is 461 g/mol. The van der Waals surface area contributed by atoms with Gasteiger partial charge in [0, 0.05) is 46.5 Å². The highest BCUT2D eigenvalue weighted by Crippen LogP contribution is 2.45. The molecule has 5 heterocycles. The quantitative estimate of drug-likeness (QED) is 0.463. The normalized spacial score (nSPS) is 17.8. The summed E-state index contributed by atoms with van der Waals surface area (Å²) in [5, 5.41) is 11.4. The lowest BCUT2D eigenvalue weighted by Gasteiger charge is -2.18. The molecular formula is C24H21FN6OS. The molecule has 7 nitrogen and oxygen atoms in total. The molecule has 4 aromatic rings. The van der Waals surface area contributed by atoms with Gasteiger partial charge >= 0.3 is 0 Å². The molecule has 3 aromatic heterocycles. The van der Waals surface area contributed by atoms with Crippen molar-refractivity contribution in [2.45, 2.75) is 33.5 Å². The van der Waals surface area contributed by atoms with E-state index in [4.69, 9.17) is 10.5 Å². The van der Waals surface area contributed by atoms with E-state index in [2.05, 4.69) is 32.8 Å². The number of benzene rings is 1. The van der Waals surface area contributed by atoms with Crippen molar-refractivity contribution in [1.82, 2.24) is 15.0 Å². The summed E-state index contributed by atoms with van der Waals surface area (Å²) in [6, 6.07) is 2.19. The third kappa shape index (κ3) is 2.91. The Kier molecular flexibility index (Phi) is 4.50. The number of hydrogen-bond donors (Lipinski definition) is 1. The molecule has 1 fully saturated rings. The van der Waals surface area contributed by atoms with Crippen molar-refractivity contribution in [3.05, 3.63) is 40.5 Å². The lowest BCUT2D eigenvalue weighted by atomic mass is 9.93. The molecule has 166 valence electrons. The predicted molar refractivity (Wildman–Crippen MR) is 126 cm³/mol. The number of aryl methyl sites for hydroxylation is 1. The highest BCUT2D eigenvalue weighted by Gasteiger charge is 2.30. The minimum Gasteiger partial charge on any atom is -0.389 e. The molecule has 0 aliphatic carbocycles. The summed E-state index contributed by atoms with van der Waals surface area (Å²) in [5.74, 6) is 0.628.